The minimum absolute atomic E-state index is 0.267. The van der Waals surface area contributed by atoms with Gasteiger partial charge in [-0.15, -0.1) is 0 Å². The van der Waals surface area contributed by atoms with Gasteiger partial charge in [0.05, 0.1) is 20.8 Å². The van der Waals surface area contributed by atoms with Crippen LogP contribution in [0.25, 0.3) is 0 Å². The lowest BCUT2D eigenvalue weighted by Gasteiger charge is -2.23. The second kappa shape index (κ2) is 8.43. The fraction of sp³-hybridized carbons (Fsp3) is 0.364. The van der Waals surface area contributed by atoms with Crippen LogP contribution >= 0.6 is 0 Å². The number of urea groups is 1. The summed E-state index contributed by atoms with van der Waals surface area (Å²) in [6, 6.07) is 12.3. The van der Waals surface area contributed by atoms with E-state index in [1.807, 2.05) is 37.3 Å². The van der Waals surface area contributed by atoms with Gasteiger partial charge in [-0.3, -0.25) is 9.69 Å². The number of carbonyl (C=O) groups is 2. The number of benzene rings is 2. The number of nitrogens with zero attached hydrogens (tertiary/aromatic N) is 1. The van der Waals surface area contributed by atoms with Crippen LogP contribution in [-0.2, 0) is 10.3 Å². The van der Waals surface area contributed by atoms with E-state index < -0.39 is 11.6 Å². The highest BCUT2D eigenvalue weighted by atomic mass is 16.5. The van der Waals surface area contributed by atoms with Crippen molar-refractivity contribution in [1.82, 2.24) is 10.2 Å². The molecule has 1 heterocycles. The Balaban J connectivity index is 1.60. The molecule has 154 valence electrons. The Bertz CT molecular complexity index is 897. The molecule has 0 aromatic heterocycles. The maximum absolute atomic E-state index is 13.0. The predicted molar refractivity (Wildman–Crippen MR) is 108 cm³/mol. The number of aryl methyl sites for hydroxylation is 1. The second-order valence-corrected chi connectivity index (χ2v) is 7.07. The van der Waals surface area contributed by atoms with Crippen molar-refractivity contribution in [2.24, 2.45) is 0 Å². The molecule has 0 aliphatic carbocycles. The zero-order valence-electron chi connectivity index (χ0n) is 17.2. The normalized spacial score (nSPS) is 18.6. The molecule has 2 aromatic rings. The van der Waals surface area contributed by atoms with E-state index in [0.717, 1.165) is 22.6 Å². The molecule has 1 aliphatic heterocycles. The number of ether oxygens (including phenoxy) is 3. The van der Waals surface area contributed by atoms with Crippen LogP contribution in [0, 0.1) is 6.92 Å². The Morgan fingerprint density at radius 3 is 2.31 bits per heavy atom. The van der Waals surface area contributed by atoms with E-state index in [0.29, 0.717) is 18.8 Å². The van der Waals surface area contributed by atoms with Gasteiger partial charge < -0.3 is 19.5 Å². The van der Waals surface area contributed by atoms with Crippen LogP contribution in [0.15, 0.2) is 42.5 Å². The number of hydrogen-bond donors (Lipinski definition) is 1. The van der Waals surface area contributed by atoms with Crippen molar-refractivity contribution < 1.29 is 23.8 Å². The summed E-state index contributed by atoms with van der Waals surface area (Å²) in [6.07, 6.45) is 0.531. The minimum atomic E-state index is -1.09. The average Bonchev–Trinajstić information content (AvgIpc) is 2.95. The summed E-state index contributed by atoms with van der Waals surface area (Å²) in [5.41, 5.74) is 0.538. The molecule has 1 fully saturated rings. The van der Waals surface area contributed by atoms with Gasteiger partial charge in [0.15, 0.2) is 0 Å². The first-order chi connectivity index (χ1) is 13.9. The summed E-state index contributed by atoms with van der Waals surface area (Å²) in [7, 11) is 3.21. The molecule has 1 aliphatic rings. The van der Waals surface area contributed by atoms with Crippen molar-refractivity contribution in [3.05, 3.63) is 53.6 Å². The van der Waals surface area contributed by atoms with Crippen LogP contribution in [0.4, 0.5) is 4.79 Å². The van der Waals surface area contributed by atoms with E-state index in [1.165, 1.54) is 4.90 Å². The number of methoxy groups -OCH3 is 2. The molecule has 3 amide bonds. The summed E-state index contributed by atoms with van der Waals surface area (Å²) < 4.78 is 16.1. The quantitative estimate of drug-likeness (QED) is 0.546. The number of nitrogens with one attached hydrogen (secondary N) is 1. The Labute approximate surface area is 170 Å². The molecule has 0 bridgehead atoms. The Morgan fingerprint density at radius 1 is 1.00 bits per heavy atom. The van der Waals surface area contributed by atoms with E-state index in [4.69, 9.17) is 14.2 Å². The molecule has 1 atom stereocenters. The third kappa shape index (κ3) is 4.13. The Kier molecular flexibility index (Phi) is 5.96. The molecule has 1 unspecified atom stereocenters. The third-order valence-electron chi connectivity index (χ3n) is 5.10. The maximum atomic E-state index is 13.0. The SMILES string of the molecule is COc1ccc(OCCCN2C(=O)NC(C)(c3ccc(OC)c(C)c3)C2=O)cc1. The highest BCUT2D eigenvalue weighted by molar-refractivity contribution is 6.07. The Morgan fingerprint density at radius 2 is 1.69 bits per heavy atom. The molecule has 0 spiro atoms. The van der Waals surface area contributed by atoms with Gasteiger partial charge >= 0.3 is 6.03 Å². The lowest BCUT2D eigenvalue weighted by molar-refractivity contribution is -0.131. The van der Waals surface area contributed by atoms with Gasteiger partial charge in [-0.1, -0.05) is 6.07 Å². The number of imide groups is 1. The van der Waals surface area contributed by atoms with Crippen molar-refractivity contribution in [3.8, 4) is 17.2 Å². The van der Waals surface area contributed by atoms with Crippen LogP contribution in [0.3, 0.4) is 0 Å². The van der Waals surface area contributed by atoms with Gasteiger partial charge in [-0.05, 0) is 67.8 Å². The van der Waals surface area contributed by atoms with Crippen molar-refractivity contribution in [1.29, 1.82) is 0 Å². The number of amides is 3. The molecular weight excluding hydrogens is 372 g/mol. The summed E-state index contributed by atoms with van der Waals surface area (Å²) in [4.78, 5) is 26.7. The van der Waals surface area contributed by atoms with Gasteiger partial charge in [0.25, 0.3) is 5.91 Å². The molecule has 7 nitrogen and oxygen atoms in total. The maximum Gasteiger partial charge on any atom is 0.325 e. The molecule has 1 N–H and O–H groups in total. The van der Waals surface area contributed by atoms with Crippen molar-refractivity contribution >= 4 is 11.9 Å². The first kappa shape index (κ1) is 20.5. The smallest absolute Gasteiger partial charge is 0.325 e. The van der Waals surface area contributed by atoms with Gasteiger partial charge in [0.1, 0.15) is 22.8 Å². The molecule has 1 saturated heterocycles. The summed E-state index contributed by atoms with van der Waals surface area (Å²) >= 11 is 0. The lowest BCUT2D eigenvalue weighted by Crippen LogP contribution is -2.41. The molecule has 29 heavy (non-hydrogen) atoms. The first-order valence-corrected chi connectivity index (χ1v) is 9.45. The Hall–Kier alpha value is -3.22. The standard InChI is InChI=1S/C22H26N2O5/c1-15-14-16(6-11-19(15)28-4)22(2)20(25)24(21(26)23-22)12-5-13-29-18-9-7-17(27-3)8-10-18/h6-11,14H,5,12-13H2,1-4H3,(H,23,26). The highest BCUT2D eigenvalue weighted by Gasteiger charge is 2.48. The second-order valence-electron chi connectivity index (χ2n) is 7.07. The van der Waals surface area contributed by atoms with Crippen LogP contribution in [-0.4, -0.2) is 44.2 Å². The fourth-order valence-corrected chi connectivity index (χ4v) is 3.37. The molecular formula is C22H26N2O5. The molecule has 2 aromatic carbocycles. The van der Waals surface area contributed by atoms with Crippen LogP contribution in [0.5, 0.6) is 17.2 Å². The van der Waals surface area contributed by atoms with E-state index >= 15 is 0 Å². The van der Waals surface area contributed by atoms with E-state index in [-0.39, 0.29) is 12.5 Å². The van der Waals surface area contributed by atoms with Crippen LogP contribution < -0.4 is 19.5 Å². The predicted octanol–water partition coefficient (Wildman–Crippen LogP) is 3.25. The van der Waals surface area contributed by atoms with Gasteiger partial charge in [-0.25, -0.2) is 4.79 Å². The van der Waals surface area contributed by atoms with Crippen molar-refractivity contribution in [2.45, 2.75) is 25.8 Å². The number of carbonyl (C=O) groups excluding carboxylic acids is 2. The highest BCUT2D eigenvalue weighted by Crippen LogP contribution is 2.31. The molecule has 3 rings (SSSR count). The number of rotatable bonds is 8. The lowest BCUT2D eigenvalue weighted by atomic mass is 9.90. The van der Waals surface area contributed by atoms with E-state index in [1.54, 1.807) is 33.3 Å². The third-order valence-corrected chi connectivity index (χ3v) is 5.10. The van der Waals surface area contributed by atoms with Crippen molar-refractivity contribution in [2.75, 3.05) is 27.4 Å². The minimum Gasteiger partial charge on any atom is -0.497 e. The van der Waals surface area contributed by atoms with Gasteiger partial charge in [0, 0.05) is 6.54 Å². The zero-order valence-corrected chi connectivity index (χ0v) is 17.2. The molecule has 7 heteroatoms. The monoisotopic (exact) mass is 398 g/mol. The average molecular weight is 398 g/mol. The fourth-order valence-electron chi connectivity index (χ4n) is 3.37. The summed E-state index contributed by atoms with van der Waals surface area (Å²) in [5.74, 6) is 1.93. The molecule has 0 radical (unpaired) electrons. The van der Waals surface area contributed by atoms with E-state index in [9.17, 15) is 9.59 Å². The number of hydrogen-bond acceptors (Lipinski definition) is 5. The van der Waals surface area contributed by atoms with E-state index in [2.05, 4.69) is 5.32 Å². The summed E-state index contributed by atoms with van der Waals surface area (Å²) in [6.45, 7) is 4.30. The molecule has 0 saturated carbocycles. The van der Waals surface area contributed by atoms with Crippen LogP contribution in [0.1, 0.15) is 24.5 Å². The summed E-state index contributed by atoms with van der Waals surface area (Å²) in [5, 5.41) is 2.82. The van der Waals surface area contributed by atoms with Crippen molar-refractivity contribution in [3.63, 3.8) is 0 Å². The van der Waals surface area contributed by atoms with Gasteiger partial charge in [0.2, 0.25) is 0 Å². The topological polar surface area (TPSA) is 77.1 Å². The largest absolute Gasteiger partial charge is 0.497 e. The first-order valence-electron chi connectivity index (χ1n) is 9.45. The van der Waals surface area contributed by atoms with Crippen LogP contribution in [0.2, 0.25) is 0 Å². The van der Waals surface area contributed by atoms with Gasteiger partial charge in [-0.2, -0.15) is 0 Å². The zero-order chi connectivity index (χ0) is 21.0.